The highest BCUT2D eigenvalue weighted by Gasteiger charge is 2.11. The zero-order chi connectivity index (χ0) is 12.0. The molecule has 1 rings (SSSR count). The molecule has 0 saturated carbocycles. The van der Waals surface area contributed by atoms with E-state index in [2.05, 4.69) is 5.43 Å². The molecule has 0 amide bonds. The average molecular weight is 247 g/mol. The quantitative estimate of drug-likeness (QED) is 0.595. The van der Waals surface area contributed by atoms with E-state index in [1.807, 2.05) is 0 Å². The molecular weight excluding hydrogens is 231 g/mol. The van der Waals surface area contributed by atoms with E-state index in [1.54, 1.807) is 19.2 Å². The largest absolute Gasteiger partial charge is 0.385 e. The third kappa shape index (κ3) is 4.06. The Balaban J connectivity index is 2.62. The van der Waals surface area contributed by atoms with Crippen molar-refractivity contribution in [3.05, 3.63) is 34.6 Å². The first-order valence-electron chi connectivity index (χ1n) is 5.06. The molecule has 16 heavy (non-hydrogen) atoms. The van der Waals surface area contributed by atoms with Gasteiger partial charge in [-0.05, 0) is 30.5 Å². The van der Waals surface area contributed by atoms with Crippen LogP contribution < -0.4 is 11.3 Å². The van der Waals surface area contributed by atoms with Crippen LogP contribution in [0.25, 0.3) is 0 Å². The lowest BCUT2D eigenvalue weighted by Crippen LogP contribution is -2.37. The lowest BCUT2D eigenvalue weighted by molar-refractivity contribution is 0.182. The number of rotatable bonds is 6. The first kappa shape index (κ1) is 13.4. The van der Waals surface area contributed by atoms with Gasteiger partial charge in [0.05, 0.1) is 0 Å². The Morgan fingerprint density at radius 1 is 1.56 bits per heavy atom. The van der Waals surface area contributed by atoms with E-state index in [1.165, 1.54) is 6.07 Å². The summed E-state index contributed by atoms with van der Waals surface area (Å²) in [6.07, 6.45) is 1.25. The summed E-state index contributed by atoms with van der Waals surface area (Å²) in [6.45, 7) is 0.587. The number of nitrogens with one attached hydrogen (secondary N) is 1. The van der Waals surface area contributed by atoms with Crippen molar-refractivity contribution < 1.29 is 9.13 Å². The van der Waals surface area contributed by atoms with Crippen molar-refractivity contribution in [2.24, 2.45) is 5.84 Å². The molecule has 0 spiro atoms. The number of hydrogen-bond donors (Lipinski definition) is 2. The lowest BCUT2D eigenvalue weighted by atomic mass is 10.0. The van der Waals surface area contributed by atoms with Gasteiger partial charge in [-0.3, -0.25) is 11.3 Å². The van der Waals surface area contributed by atoms with Gasteiger partial charge in [-0.2, -0.15) is 0 Å². The summed E-state index contributed by atoms with van der Waals surface area (Å²) in [5.41, 5.74) is 3.25. The van der Waals surface area contributed by atoms with E-state index < -0.39 is 0 Å². The van der Waals surface area contributed by atoms with Crippen LogP contribution in [0.4, 0.5) is 4.39 Å². The van der Waals surface area contributed by atoms with Crippen LogP contribution in [0.15, 0.2) is 18.2 Å². The summed E-state index contributed by atoms with van der Waals surface area (Å²) in [4.78, 5) is 0. The molecule has 90 valence electrons. The zero-order valence-electron chi connectivity index (χ0n) is 9.17. The molecule has 0 aromatic heterocycles. The van der Waals surface area contributed by atoms with E-state index >= 15 is 0 Å². The van der Waals surface area contributed by atoms with Crippen LogP contribution in [0.1, 0.15) is 12.0 Å². The predicted octanol–water partition coefficient (Wildman–Crippen LogP) is 1.89. The second kappa shape index (κ2) is 6.81. The molecule has 3 nitrogen and oxygen atoms in total. The van der Waals surface area contributed by atoms with Crippen molar-refractivity contribution in [3.8, 4) is 0 Å². The normalized spacial score (nSPS) is 12.8. The fraction of sp³-hybridized carbons (Fsp3) is 0.455. The minimum Gasteiger partial charge on any atom is -0.385 e. The van der Waals surface area contributed by atoms with Crippen LogP contribution in [-0.2, 0) is 11.2 Å². The summed E-state index contributed by atoms with van der Waals surface area (Å²) in [6, 6.07) is 4.65. The van der Waals surface area contributed by atoms with Crippen molar-refractivity contribution >= 4 is 11.6 Å². The Hall–Kier alpha value is -0.680. The molecule has 0 aliphatic carbocycles. The van der Waals surface area contributed by atoms with Gasteiger partial charge in [-0.25, -0.2) is 4.39 Å². The van der Waals surface area contributed by atoms with Crippen molar-refractivity contribution in [1.82, 2.24) is 5.43 Å². The molecule has 0 bridgehead atoms. The summed E-state index contributed by atoms with van der Waals surface area (Å²) in [7, 11) is 1.62. The van der Waals surface area contributed by atoms with E-state index in [9.17, 15) is 4.39 Å². The second-order valence-electron chi connectivity index (χ2n) is 3.58. The molecule has 0 fully saturated rings. The van der Waals surface area contributed by atoms with E-state index in [-0.39, 0.29) is 11.9 Å². The first-order valence-corrected chi connectivity index (χ1v) is 5.44. The molecular formula is C11H16ClFN2O. The van der Waals surface area contributed by atoms with Crippen LogP contribution in [0.3, 0.4) is 0 Å². The Morgan fingerprint density at radius 3 is 2.88 bits per heavy atom. The van der Waals surface area contributed by atoms with Crippen LogP contribution in [0.5, 0.6) is 0 Å². The first-order chi connectivity index (χ1) is 7.67. The lowest BCUT2D eigenvalue weighted by Gasteiger charge is -2.15. The third-order valence-electron chi connectivity index (χ3n) is 2.39. The average Bonchev–Trinajstić information content (AvgIpc) is 2.27. The fourth-order valence-electron chi connectivity index (χ4n) is 1.46. The van der Waals surface area contributed by atoms with E-state index in [0.717, 1.165) is 6.42 Å². The Labute approximate surface area is 99.7 Å². The van der Waals surface area contributed by atoms with Crippen LogP contribution in [-0.4, -0.2) is 19.8 Å². The number of ether oxygens (including phenoxy) is 1. The Bertz CT molecular complexity index is 336. The minimum absolute atomic E-state index is 0.00405. The SMILES string of the molecule is COCCC(Cc1ccc(Cl)cc1F)NN. The molecule has 0 aliphatic rings. The maximum absolute atomic E-state index is 13.5. The van der Waals surface area contributed by atoms with Gasteiger partial charge >= 0.3 is 0 Å². The third-order valence-corrected chi connectivity index (χ3v) is 2.62. The van der Waals surface area contributed by atoms with Gasteiger partial charge in [0.15, 0.2) is 0 Å². The number of halogens is 2. The smallest absolute Gasteiger partial charge is 0.127 e. The van der Waals surface area contributed by atoms with Gasteiger partial charge in [0.2, 0.25) is 0 Å². The van der Waals surface area contributed by atoms with Gasteiger partial charge in [0, 0.05) is 24.8 Å². The van der Waals surface area contributed by atoms with Gasteiger partial charge < -0.3 is 4.74 Å². The molecule has 3 N–H and O–H groups in total. The van der Waals surface area contributed by atoms with Crippen LogP contribution in [0, 0.1) is 5.82 Å². The standard InChI is InChI=1S/C11H16ClFN2O/c1-16-5-4-10(15-14)6-8-2-3-9(12)7-11(8)13/h2-3,7,10,15H,4-6,14H2,1H3. The summed E-state index contributed by atoms with van der Waals surface area (Å²) in [5, 5.41) is 0.399. The molecule has 0 heterocycles. The summed E-state index contributed by atoms with van der Waals surface area (Å²) in [5.74, 6) is 5.09. The molecule has 5 heteroatoms. The molecule has 1 aromatic carbocycles. The molecule has 1 atom stereocenters. The summed E-state index contributed by atoms with van der Waals surface area (Å²) >= 11 is 5.67. The van der Waals surface area contributed by atoms with Crippen molar-refractivity contribution in [1.29, 1.82) is 0 Å². The predicted molar refractivity (Wildman–Crippen MR) is 62.7 cm³/mol. The number of hydrogen-bond acceptors (Lipinski definition) is 3. The van der Waals surface area contributed by atoms with Crippen molar-refractivity contribution in [2.45, 2.75) is 18.9 Å². The summed E-state index contributed by atoms with van der Waals surface area (Å²) < 4.78 is 18.4. The van der Waals surface area contributed by atoms with Gasteiger partial charge in [0.1, 0.15) is 5.82 Å². The molecule has 1 unspecified atom stereocenters. The van der Waals surface area contributed by atoms with E-state index in [4.69, 9.17) is 22.2 Å². The molecule has 0 aliphatic heterocycles. The van der Waals surface area contributed by atoms with Gasteiger partial charge in [0.25, 0.3) is 0 Å². The monoisotopic (exact) mass is 246 g/mol. The highest BCUT2D eigenvalue weighted by Crippen LogP contribution is 2.16. The van der Waals surface area contributed by atoms with Crippen molar-refractivity contribution in [3.63, 3.8) is 0 Å². The van der Waals surface area contributed by atoms with Gasteiger partial charge in [-0.15, -0.1) is 0 Å². The number of nitrogens with two attached hydrogens (primary N) is 1. The van der Waals surface area contributed by atoms with E-state index in [0.29, 0.717) is 23.6 Å². The Kier molecular flexibility index (Phi) is 5.69. The maximum atomic E-state index is 13.5. The minimum atomic E-state index is -0.301. The van der Waals surface area contributed by atoms with Crippen LogP contribution >= 0.6 is 11.6 Å². The highest BCUT2D eigenvalue weighted by molar-refractivity contribution is 6.30. The fourth-order valence-corrected chi connectivity index (χ4v) is 1.62. The zero-order valence-corrected chi connectivity index (χ0v) is 9.93. The molecule has 0 saturated heterocycles. The number of methoxy groups -OCH3 is 1. The Morgan fingerprint density at radius 2 is 2.31 bits per heavy atom. The number of hydrazine groups is 1. The topological polar surface area (TPSA) is 47.3 Å². The van der Waals surface area contributed by atoms with Crippen LogP contribution in [0.2, 0.25) is 5.02 Å². The molecule has 1 aromatic rings. The molecule has 0 radical (unpaired) electrons. The number of benzene rings is 1. The second-order valence-corrected chi connectivity index (χ2v) is 4.02. The maximum Gasteiger partial charge on any atom is 0.127 e. The highest BCUT2D eigenvalue weighted by atomic mass is 35.5. The van der Waals surface area contributed by atoms with Gasteiger partial charge in [-0.1, -0.05) is 17.7 Å². The van der Waals surface area contributed by atoms with Crippen molar-refractivity contribution in [2.75, 3.05) is 13.7 Å².